The molecule has 2 aromatic rings. The highest BCUT2D eigenvalue weighted by atomic mass is 79.9. The molecule has 0 aliphatic carbocycles. The van der Waals surface area contributed by atoms with Crippen LogP contribution in [0.25, 0.3) is 11.4 Å². The van der Waals surface area contributed by atoms with Crippen LogP contribution in [-0.4, -0.2) is 27.1 Å². The van der Waals surface area contributed by atoms with E-state index in [2.05, 4.69) is 36.4 Å². The Morgan fingerprint density at radius 1 is 1.36 bits per heavy atom. The number of hydrogen-bond acceptors (Lipinski definition) is 4. The first-order valence-corrected chi connectivity index (χ1v) is 7.77. The topological polar surface area (TPSA) is 96.7 Å². The Morgan fingerprint density at radius 2 is 2.00 bits per heavy atom. The average Bonchev–Trinajstić information content (AvgIpc) is 2.92. The van der Waals surface area contributed by atoms with Crippen LogP contribution in [0.3, 0.4) is 0 Å². The van der Waals surface area contributed by atoms with Gasteiger partial charge in [-0.2, -0.15) is 5.10 Å². The van der Waals surface area contributed by atoms with Crippen molar-refractivity contribution < 1.29 is 4.79 Å². The number of rotatable bonds is 4. The summed E-state index contributed by atoms with van der Waals surface area (Å²) in [6.07, 6.45) is 0. The van der Waals surface area contributed by atoms with Gasteiger partial charge in [-0.1, -0.05) is 48.8 Å². The maximum Gasteiger partial charge on any atom is 0.237 e. The van der Waals surface area contributed by atoms with Gasteiger partial charge in [0.05, 0.1) is 12.6 Å². The zero-order valence-corrected chi connectivity index (χ0v) is 14.4. The van der Waals surface area contributed by atoms with E-state index in [4.69, 9.17) is 5.73 Å². The Kier molecular flexibility index (Phi) is 4.97. The minimum atomic E-state index is -0.568. The minimum absolute atomic E-state index is 0.200. The van der Waals surface area contributed by atoms with Crippen LogP contribution < -0.4 is 11.1 Å². The molecule has 1 heterocycles. The van der Waals surface area contributed by atoms with Gasteiger partial charge in [0, 0.05) is 10.0 Å². The summed E-state index contributed by atoms with van der Waals surface area (Å²) in [5.74, 6) is 0.985. The number of nitrogens with zero attached hydrogens (tertiary/aromatic N) is 2. The lowest BCUT2D eigenvalue weighted by Crippen LogP contribution is -2.48. The van der Waals surface area contributed by atoms with Crippen molar-refractivity contribution in [2.75, 3.05) is 0 Å². The standard InChI is InChI=1S/C15H20BrN5O/c1-15(2,3)12(17)14(22)18-8-11-19-13(21-20-11)9-4-6-10(16)7-5-9/h4-7,12H,8,17H2,1-3H3,(H,18,22)(H,19,20,21)/t12-/m1/s1. The molecule has 2 rings (SSSR count). The predicted octanol–water partition coefficient (Wildman–Crippen LogP) is 2.22. The molecule has 22 heavy (non-hydrogen) atoms. The summed E-state index contributed by atoms with van der Waals surface area (Å²) in [7, 11) is 0. The number of carbonyl (C=O) groups excluding carboxylic acids is 1. The third-order valence-corrected chi connectivity index (χ3v) is 3.81. The maximum absolute atomic E-state index is 12.0. The second-order valence-electron chi connectivity index (χ2n) is 6.17. The summed E-state index contributed by atoms with van der Waals surface area (Å²) in [6, 6.07) is 7.13. The van der Waals surface area contributed by atoms with Gasteiger partial charge in [0.1, 0.15) is 5.82 Å². The van der Waals surface area contributed by atoms with Gasteiger partial charge in [-0.3, -0.25) is 9.89 Å². The molecule has 0 spiro atoms. The van der Waals surface area contributed by atoms with Crippen LogP contribution >= 0.6 is 15.9 Å². The number of nitrogens with two attached hydrogens (primary N) is 1. The van der Waals surface area contributed by atoms with E-state index in [0.29, 0.717) is 11.6 Å². The van der Waals surface area contributed by atoms with Crippen LogP contribution in [0.15, 0.2) is 28.7 Å². The molecular formula is C15H20BrN5O. The summed E-state index contributed by atoms with van der Waals surface area (Å²) < 4.78 is 0.996. The van der Waals surface area contributed by atoms with Gasteiger partial charge in [0.15, 0.2) is 5.82 Å². The van der Waals surface area contributed by atoms with E-state index in [1.54, 1.807) is 0 Å². The number of halogens is 1. The Labute approximate surface area is 138 Å². The van der Waals surface area contributed by atoms with Crippen molar-refractivity contribution in [2.24, 2.45) is 11.1 Å². The van der Waals surface area contributed by atoms with Crippen LogP contribution in [0.4, 0.5) is 0 Å². The van der Waals surface area contributed by atoms with E-state index < -0.39 is 6.04 Å². The van der Waals surface area contributed by atoms with Crippen LogP contribution in [0.5, 0.6) is 0 Å². The number of carbonyl (C=O) groups is 1. The van der Waals surface area contributed by atoms with Gasteiger partial charge in [0.2, 0.25) is 5.91 Å². The number of aromatic amines is 1. The molecule has 4 N–H and O–H groups in total. The molecule has 0 aliphatic heterocycles. The Balaban J connectivity index is 1.98. The summed E-state index contributed by atoms with van der Waals surface area (Å²) in [4.78, 5) is 16.3. The highest BCUT2D eigenvalue weighted by molar-refractivity contribution is 9.10. The molecule has 0 aliphatic rings. The van der Waals surface area contributed by atoms with Crippen molar-refractivity contribution >= 4 is 21.8 Å². The van der Waals surface area contributed by atoms with Gasteiger partial charge >= 0.3 is 0 Å². The molecule has 0 radical (unpaired) electrons. The van der Waals surface area contributed by atoms with E-state index in [-0.39, 0.29) is 17.9 Å². The third-order valence-electron chi connectivity index (χ3n) is 3.28. The van der Waals surface area contributed by atoms with E-state index in [1.807, 2.05) is 45.0 Å². The van der Waals surface area contributed by atoms with Crippen LogP contribution in [0.1, 0.15) is 26.6 Å². The zero-order chi connectivity index (χ0) is 16.3. The monoisotopic (exact) mass is 365 g/mol. The molecule has 6 nitrogen and oxygen atoms in total. The highest BCUT2D eigenvalue weighted by Crippen LogP contribution is 2.19. The van der Waals surface area contributed by atoms with Crippen molar-refractivity contribution in [3.05, 3.63) is 34.6 Å². The SMILES string of the molecule is CC(C)(C)[C@H](N)C(=O)NCc1nc(-c2ccc(Br)cc2)n[nH]1. The van der Waals surface area contributed by atoms with E-state index >= 15 is 0 Å². The average molecular weight is 366 g/mol. The molecule has 0 unspecified atom stereocenters. The minimum Gasteiger partial charge on any atom is -0.347 e. The van der Waals surface area contributed by atoms with Crippen LogP contribution in [0, 0.1) is 5.41 Å². The Hall–Kier alpha value is -1.73. The lowest BCUT2D eigenvalue weighted by atomic mass is 9.87. The first-order chi connectivity index (χ1) is 10.3. The molecule has 7 heteroatoms. The van der Waals surface area contributed by atoms with Crippen molar-refractivity contribution in [3.8, 4) is 11.4 Å². The van der Waals surface area contributed by atoms with Crippen molar-refractivity contribution in [3.63, 3.8) is 0 Å². The maximum atomic E-state index is 12.0. The number of aromatic nitrogens is 3. The quantitative estimate of drug-likeness (QED) is 0.773. The lowest BCUT2D eigenvalue weighted by molar-refractivity contribution is -0.124. The number of hydrogen-bond donors (Lipinski definition) is 3. The molecule has 1 atom stereocenters. The summed E-state index contributed by atoms with van der Waals surface area (Å²) in [5.41, 5.74) is 6.53. The first kappa shape index (κ1) is 16.6. The first-order valence-electron chi connectivity index (χ1n) is 6.98. The van der Waals surface area contributed by atoms with Crippen molar-refractivity contribution in [2.45, 2.75) is 33.4 Å². The molecule has 0 fully saturated rings. The summed E-state index contributed by atoms with van der Waals surface area (Å²) >= 11 is 3.39. The Morgan fingerprint density at radius 3 is 2.59 bits per heavy atom. The molecule has 118 valence electrons. The van der Waals surface area contributed by atoms with E-state index in [0.717, 1.165) is 10.0 Å². The smallest absolute Gasteiger partial charge is 0.237 e. The van der Waals surface area contributed by atoms with Gasteiger partial charge in [-0.05, 0) is 17.5 Å². The third kappa shape index (κ3) is 4.14. The molecule has 0 bridgehead atoms. The van der Waals surface area contributed by atoms with Gasteiger partial charge in [0.25, 0.3) is 0 Å². The second kappa shape index (κ2) is 6.58. The number of nitrogens with one attached hydrogen (secondary N) is 2. The molecule has 1 amide bonds. The predicted molar refractivity (Wildman–Crippen MR) is 88.8 cm³/mol. The van der Waals surface area contributed by atoms with Crippen LogP contribution in [0.2, 0.25) is 0 Å². The lowest BCUT2D eigenvalue weighted by Gasteiger charge is -2.25. The van der Waals surface area contributed by atoms with Gasteiger partial charge in [-0.15, -0.1) is 0 Å². The fourth-order valence-corrected chi connectivity index (χ4v) is 2.04. The zero-order valence-electron chi connectivity index (χ0n) is 12.9. The summed E-state index contributed by atoms with van der Waals surface area (Å²) in [5, 5.41) is 9.75. The van der Waals surface area contributed by atoms with Crippen LogP contribution in [-0.2, 0) is 11.3 Å². The van der Waals surface area contributed by atoms with Gasteiger partial charge in [-0.25, -0.2) is 4.98 Å². The molecular weight excluding hydrogens is 346 g/mol. The van der Waals surface area contributed by atoms with E-state index in [1.165, 1.54) is 0 Å². The van der Waals surface area contributed by atoms with E-state index in [9.17, 15) is 4.79 Å². The fourth-order valence-electron chi connectivity index (χ4n) is 1.78. The number of amides is 1. The van der Waals surface area contributed by atoms with Crippen molar-refractivity contribution in [1.29, 1.82) is 0 Å². The van der Waals surface area contributed by atoms with Gasteiger partial charge < -0.3 is 11.1 Å². The molecule has 0 saturated carbocycles. The summed E-state index contributed by atoms with van der Waals surface area (Å²) in [6.45, 7) is 6.05. The normalized spacial score (nSPS) is 13.0. The largest absolute Gasteiger partial charge is 0.347 e. The second-order valence-corrected chi connectivity index (χ2v) is 7.09. The fraction of sp³-hybridized carbons (Fsp3) is 0.400. The molecule has 1 aromatic carbocycles. The number of H-pyrrole nitrogens is 1. The number of benzene rings is 1. The Bertz CT molecular complexity index is 645. The van der Waals surface area contributed by atoms with Crippen molar-refractivity contribution in [1.82, 2.24) is 20.5 Å². The molecule has 0 saturated heterocycles. The molecule has 1 aromatic heterocycles. The highest BCUT2D eigenvalue weighted by Gasteiger charge is 2.27.